The van der Waals surface area contributed by atoms with E-state index in [1.54, 1.807) is 6.92 Å². The van der Waals surface area contributed by atoms with Gasteiger partial charge in [-0.2, -0.15) is 0 Å². The largest absolute Gasteiger partial charge is 0.468 e. The Balaban J connectivity index is 2.18. The Labute approximate surface area is 147 Å². The van der Waals surface area contributed by atoms with Crippen LogP contribution in [0.5, 0.6) is 0 Å². The van der Waals surface area contributed by atoms with Crippen LogP contribution in [0.1, 0.15) is 52.9 Å². The molecule has 138 valence electrons. The third-order valence-corrected chi connectivity index (χ3v) is 4.38. The number of carbonyl (C=O) groups is 3. The maximum absolute atomic E-state index is 12.7. The van der Waals surface area contributed by atoms with E-state index in [2.05, 4.69) is 4.98 Å². The molecule has 0 saturated heterocycles. The maximum atomic E-state index is 12.7. The number of methoxy groups -OCH3 is 1. The van der Waals surface area contributed by atoms with E-state index < -0.39 is 17.9 Å². The lowest BCUT2D eigenvalue weighted by Crippen LogP contribution is -2.36. The second-order valence-corrected chi connectivity index (χ2v) is 6.58. The zero-order chi connectivity index (χ0) is 18.7. The number of hydrogen-bond acceptors (Lipinski definition) is 6. The first-order chi connectivity index (χ1) is 11.8. The summed E-state index contributed by atoms with van der Waals surface area (Å²) < 4.78 is 15.3. The van der Waals surface area contributed by atoms with Crippen LogP contribution in [0.3, 0.4) is 0 Å². The summed E-state index contributed by atoms with van der Waals surface area (Å²) >= 11 is 0. The number of ether oxygens (including phenoxy) is 3. The van der Waals surface area contributed by atoms with E-state index in [1.165, 1.54) is 7.11 Å². The van der Waals surface area contributed by atoms with Gasteiger partial charge in [-0.25, -0.2) is 4.79 Å². The van der Waals surface area contributed by atoms with Gasteiger partial charge >= 0.3 is 11.9 Å². The fourth-order valence-electron chi connectivity index (χ4n) is 3.16. The SMILES string of the molecule is COC(=O)[C@@H]1C(=O)c2c([nH]c(C(=O)OCCOC(C)C)c2C)C[C@@H]1C. The summed E-state index contributed by atoms with van der Waals surface area (Å²) in [5.41, 5.74) is 1.83. The van der Waals surface area contributed by atoms with E-state index in [0.29, 0.717) is 29.8 Å². The third-order valence-electron chi connectivity index (χ3n) is 4.38. The number of nitrogens with one attached hydrogen (secondary N) is 1. The third kappa shape index (κ3) is 3.92. The van der Waals surface area contributed by atoms with Crippen molar-refractivity contribution in [3.8, 4) is 0 Å². The van der Waals surface area contributed by atoms with Gasteiger partial charge in [0.2, 0.25) is 0 Å². The van der Waals surface area contributed by atoms with E-state index in [9.17, 15) is 14.4 Å². The summed E-state index contributed by atoms with van der Waals surface area (Å²) in [6.45, 7) is 7.74. The molecule has 25 heavy (non-hydrogen) atoms. The predicted molar refractivity (Wildman–Crippen MR) is 89.6 cm³/mol. The van der Waals surface area contributed by atoms with Crippen molar-refractivity contribution in [1.82, 2.24) is 4.98 Å². The number of aromatic amines is 1. The zero-order valence-electron chi connectivity index (χ0n) is 15.3. The quantitative estimate of drug-likeness (QED) is 0.479. The van der Waals surface area contributed by atoms with Crippen LogP contribution in [0.25, 0.3) is 0 Å². The van der Waals surface area contributed by atoms with Gasteiger partial charge in [0.1, 0.15) is 18.2 Å². The van der Waals surface area contributed by atoms with Crippen LogP contribution in [0, 0.1) is 18.8 Å². The number of fused-ring (bicyclic) bond motifs is 1. The molecule has 2 rings (SSSR count). The summed E-state index contributed by atoms with van der Waals surface area (Å²) in [6, 6.07) is 0. The molecule has 0 unspecified atom stereocenters. The van der Waals surface area contributed by atoms with Gasteiger partial charge in [0, 0.05) is 11.3 Å². The molecule has 0 fully saturated rings. The molecule has 0 saturated carbocycles. The van der Waals surface area contributed by atoms with E-state index in [-0.39, 0.29) is 30.1 Å². The number of Topliss-reactive ketones (excluding diaryl/α,β-unsaturated/α-hetero) is 1. The van der Waals surface area contributed by atoms with E-state index in [4.69, 9.17) is 14.2 Å². The van der Waals surface area contributed by atoms with Gasteiger partial charge in [0.05, 0.1) is 19.8 Å². The number of ketones is 1. The number of aromatic nitrogens is 1. The molecule has 1 aliphatic rings. The lowest BCUT2D eigenvalue weighted by Gasteiger charge is -2.25. The van der Waals surface area contributed by atoms with Crippen molar-refractivity contribution in [2.45, 2.75) is 40.2 Å². The highest BCUT2D eigenvalue weighted by atomic mass is 16.6. The fourth-order valence-corrected chi connectivity index (χ4v) is 3.16. The van der Waals surface area contributed by atoms with Gasteiger partial charge in [0.25, 0.3) is 0 Å². The second-order valence-electron chi connectivity index (χ2n) is 6.58. The summed E-state index contributed by atoms with van der Waals surface area (Å²) in [5.74, 6) is -2.42. The van der Waals surface area contributed by atoms with Crippen LogP contribution in [0.4, 0.5) is 0 Å². The molecule has 0 radical (unpaired) electrons. The molecule has 1 aliphatic carbocycles. The molecule has 1 heterocycles. The van der Waals surface area contributed by atoms with E-state index >= 15 is 0 Å². The van der Waals surface area contributed by atoms with Crippen molar-refractivity contribution < 1.29 is 28.6 Å². The van der Waals surface area contributed by atoms with Crippen molar-refractivity contribution in [2.24, 2.45) is 11.8 Å². The van der Waals surface area contributed by atoms with Crippen molar-refractivity contribution in [3.05, 3.63) is 22.5 Å². The average molecular weight is 351 g/mol. The van der Waals surface area contributed by atoms with Crippen LogP contribution >= 0.6 is 0 Å². The van der Waals surface area contributed by atoms with Gasteiger partial charge in [-0.1, -0.05) is 6.92 Å². The van der Waals surface area contributed by atoms with Crippen molar-refractivity contribution >= 4 is 17.7 Å². The van der Waals surface area contributed by atoms with Crippen molar-refractivity contribution in [2.75, 3.05) is 20.3 Å². The summed E-state index contributed by atoms with van der Waals surface area (Å²) in [4.78, 5) is 39.9. The van der Waals surface area contributed by atoms with E-state index in [0.717, 1.165) is 0 Å². The maximum Gasteiger partial charge on any atom is 0.355 e. The predicted octanol–water partition coefficient (Wildman–Crippen LogP) is 2.07. The van der Waals surface area contributed by atoms with Crippen LogP contribution in [0.2, 0.25) is 0 Å². The molecular weight excluding hydrogens is 326 g/mol. The van der Waals surface area contributed by atoms with Crippen molar-refractivity contribution in [1.29, 1.82) is 0 Å². The fraction of sp³-hybridized carbons (Fsp3) is 0.611. The Hall–Kier alpha value is -2.15. The molecule has 0 aromatic carbocycles. The Kier molecular flexibility index (Phi) is 6.00. The summed E-state index contributed by atoms with van der Waals surface area (Å²) in [5, 5.41) is 0. The number of H-pyrrole nitrogens is 1. The van der Waals surface area contributed by atoms with Gasteiger partial charge in [-0.15, -0.1) is 0 Å². The minimum absolute atomic E-state index is 0.0626. The first-order valence-electron chi connectivity index (χ1n) is 8.40. The highest BCUT2D eigenvalue weighted by Gasteiger charge is 2.41. The number of rotatable bonds is 6. The summed E-state index contributed by atoms with van der Waals surface area (Å²) in [7, 11) is 1.27. The zero-order valence-corrected chi connectivity index (χ0v) is 15.3. The Bertz CT molecular complexity index is 675. The average Bonchev–Trinajstić information content (AvgIpc) is 2.87. The van der Waals surface area contributed by atoms with Crippen LogP contribution in [-0.4, -0.2) is 49.1 Å². The molecule has 0 bridgehead atoms. The highest BCUT2D eigenvalue weighted by Crippen LogP contribution is 2.34. The van der Waals surface area contributed by atoms with Gasteiger partial charge in [0.15, 0.2) is 5.78 Å². The lowest BCUT2D eigenvalue weighted by molar-refractivity contribution is -0.145. The molecule has 0 amide bonds. The van der Waals surface area contributed by atoms with E-state index in [1.807, 2.05) is 20.8 Å². The van der Waals surface area contributed by atoms with Crippen LogP contribution in [-0.2, 0) is 25.4 Å². The van der Waals surface area contributed by atoms with Crippen molar-refractivity contribution in [3.63, 3.8) is 0 Å². The summed E-state index contributed by atoms with van der Waals surface area (Å²) in [6.07, 6.45) is 0.554. The smallest absolute Gasteiger partial charge is 0.355 e. The molecule has 0 spiro atoms. The molecule has 7 heteroatoms. The molecular formula is C18H25NO6. The molecule has 1 N–H and O–H groups in total. The highest BCUT2D eigenvalue weighted by molar-refractivity contribution is 6.12. The topological polar surface area (TPSA) is 94.7 Å². The minimum atomic E-state index is -0.838. The van der Waals surface area contributed by atoms with Crippen LogP contribution < -0.4 is 0 Å². The Morgan fingerprint density at radius 2 is 1.96 bits per heavy atom. The van der Waals surface area contributed by atoms with Crippen LogP contribution in [0.15, 0.2) is 0 Å². The van der Waals surface area contributed by atoms with Gasteiger partial charge in [-0.05, 0) is 38.7 Å². The number of esters is 2. The Morgan fingerprint density at radius 3 is 2.56 bits per heavy atom. The normalized spacial score (nSPS) is 19.7. The standard InChI is InChI=1S/C18H25NO6/c1-9(2)24-6-7-25-18(22)15-11(4)14-12(19-15)8-10(3)13(16(14)20)17(21)23-5/h9-10,13,19H,6-8H2,1-5H3/t10-,13-/m0/s1. The minimum Gasteiger partial charge on any atom is -0.468 e. The molecule has 1 aromatic rings. The molecule has 7 nitrogen and oxygen atoms in total. The number of carbonyl (C=O) groups excluding carboxylic acids is 3. The second kappa shape index (κ2) is 7.82. The van der Waals surface area contributed by atoms with Gasteiger partial charge < -0.3 is 19.2 Å². The number of hydrogen-bond donors (Lipinski definition) is 1. The molecule has 2 atom stereocenters. The molecule has 1 aromatic heterocycles. The Morgan fingerprint density at radius 1 is 1.28 bits per heavy atom. The monoisotopic (exact) mass is 351 g/mol. The first-order valence-corrected chi connectivity index (χ1v) is 8.40. The lowest BCUT2D eigenvalue weighted by atomic mass is 9.77. The van der Waals surface area contributed by atoms with Gasteiger partial charge in [-0.3, -0.25) is 9.59 Å². The molecule has 0 aliphatic heterocycles. The first kappa shape index (κ1) is 19.2.